The zero-order chi connectivity index (χ0) is 14.9. The molecule has 1 aromatic rings. The Bertz CT molecular complexity index is 561. The summed E-state index contributed by atoms with van der Waals surface area (Å²) in [6.07, 6.45) is 0. The monoisotopic (exact) mass is 315 g/mol. The van der Waals surface area contributed by atoms with E-state index in [2.05, 4.69) is 10.6 Å². The first-order chi connectivity index (χ1) is 9.32. The van der Waals surface area contributed by atoms with Crippen LogP contribution in [-0.4, -0.2) is 35.5 Å². The lowest BCUT2D eigenvalue weighted by molar-refractivity contribution is -0.132. The lowest BCUT2D eigenvalue weighted by Crippen LogP contribution is -2.64. The largest absolute Gasteiger partial charge is 0.352 e. The van der Waals surface area contributed by atoms with E-state index in [0.29, 0.717) is 28.8 Å². The number of carbonyl (C=O) groups excluding carboxylic acids is 2. The summed E-state index contributed by atoms with van der Waals surface area (Å²) in [6, 6.07) is 4.43. The predicted octanol–water partition coefficient (Wildman–Crippen LogP) is 2.74. The number of nitrogens with zero attached hydrogens (tertiary/aromatic N) is 1. The minimum atomic E-state index is -0.909. The van der Waals surface area contributed by atoms with Crippen molar-refractivity contribution in [3.05, 3.63) is 28.2 Å². The Morgan fingerprint density at radius 1 is 1.40 bits per heavy atom. The third kappa shape index (κ3) is 2.83. The first-order valence-corrected chi connectivity index (χ1v) is 6.90. The molecule has 0 bridgehead atoms. The van der Waals surface area contributed by atoms with E-state index in [-0.39, 0.29) is 11.9 Å². The number of rotatable bonds is 1. The zero-order valence-electron chi connectivity index (χ0n) is 11.2. The van der Waals surface area contributed by atoms with Gasteiger partial charge in [-0.15, -0.1) is 0 Å². The van der Waals surface area contributed by atoms with E-state index in [0.717, 1.165) is 0 Å². The van der Waals surface area contributed by atoms with Crippen LogP contribution in [0.1, 0.15) is 13.8 Å². The molecule has 2 rings (SSSR count). The van der Waals surface area contributed by atoms with Crippen LogP contribution in [0.4, 0.5) is 10.5 Å². The average Bonchev–Trinajstić information content (AvgIpc) is 2.37. The molecule has 0 radical (unpaired) electrons. The zero-order valence-corrected chi connectivity index (χ0v) is 12.7. The van der Waals surface area contributed by atoms with Crippen molar-refractivity contribution in [2.24, 2.45) is 0 Å². The van der Waals surface area contributed by atoms with Crippen molar-refractivity contribution in [3.63, 3.8) is 0 Å². The third-order valence-corrected chi connectivity index (χ3v) is 3.83. The Morgan fingerprint density at radius 2 is 2.10 bits per heavy atom. The van der Waals surface area contributed by atoms with Crippen LogP contribution >= 0.6 is 23.2 Å². The Hall–Kier alpha value is -1.46. The molecular formula is C13H15Cl2N3O2. The van der Waals surface area contributed by atoms with Crippen molar-refractivity contribution in [2.75, 3.05) is 18.4 Å². The molecule has 1 aliphatic rings. The van der Waals surface area contributed by atoms with Crippen LogP contribution in [-0.2, 0) is 4.79 Å². The summed E-state index contributed by atoms with van der Waals surface area (Å²) in [5, 5.41) is 6.28. The van der Waals surface area contributed by atoms with Gasteiger partial charge in [0.05, 0.1) is 10.7 Å². The fourth-order valence-electron chi connectivity index (χ4n) is 2.03. The molecule has 0 aliphatic carbocycles. The molecule has 0 aromatic heterocycles. The maximum atomic E-state index is 12.3. The quantitative estimate of drug-likeness (QED) is 0.837. The number of halogens is 2. The Balaban J connectivity index is 2.19. The standard InChI is InChI=1S/C13H15Cl2N3O2/c1-13(2)11(19)16-5-6-18(13)12(20)17-10-7-8(14)3-4-9(10)15/h3-4,7H,5-6H2,1-2H3,(H,16,19)(H,17,20). The molecule has 108 valence electrons. The van der Waals surface area contributed by atoms with E-state index < -0.39 is 5.54 Å². The van der Waals surface area contributed by atoms with Gasteiger partial charge in [-0.1, -0.05) is 23.2 Å². The van der Waals surface area contributed by atoms with E-state index in [1.54, 1.807) is 32.0 Å². The van der Waals surface area contributed by atoms with Crippen molar-refractivity contribution in [3.8, 4) is 0 Å². The third-order valence-electron chi connectivity index (χ3n) is 3.27. The number of anilines is 1. The van der Waals surface area contributed by atoms with E-state index in [1.807, 2.05) is 0 Å². The van der Waals surface area contributed by atoms with Crippen molar-refractivity contribution in [2.45, 2.75) is 19.4 Å². The molecule has 0 unspecified atom stereocenters. The highest BCUT2D eigenvalue weighted by Gasteiger charge is 2.40. The molecule has 1 saturated heterocycles. The van der Waals surface area contributed by atoms with E-state index in [1.165, 1.54) is 4.90 Å². The predicted molar refractivity (Wildman–Crippen MR) is 79.3 cm³/mol. The van der Waals surface area contributed by atoms with Gasteiger partial charge in [-0.25, -0.2) is 4.79 Å². The molecule has 1 fully saturated rings. The molecule has 0 spiro atoms. The number of nitrogens with one attached hydrogen (secondary N) is 2. The molecule has 3 amide bonds. The van der Waals surface area contributed by atoms with Gasteiger partial charge in [0, 0.05) is 18.1 Å². The Morgan fingerprint density at radius 3 is 2.80 bits per heavy atom. The van der Waals surface area contributed by atoms with Crippen molar-refractivity contribution in [1.29, 1.82) is 0 Å². The topological polar surface area (TPSA) is 61.4 Å². The Labute approximate surface area is 127 Å². The van der Waals surface area contributed by atoms with Crippen LogP contribution in [0.25, 0.3) is 0 Å². The molecule has 7 heteroatoms. The van der Waals surface area contributed by atoms with Gasteiger partial charge in [-0.3, -0.25) is 4.79 Å². The van der Waals surface area contributed by atoms with E-state index >= 15 is 0 Å². The van der Waals surface area contributed by atoms with E-state index in [4.69, 9.17) is 23.2 Å². The van der Waals surface area contributed by atoms with Gasteiger partial charge in [0.2, 0.25) is 5.91 Å². The molecule has 0 saturated carbocycles. The fourth-order valence-corrected chi connectivity index (χ4v) is 2.37. The molecule has 5 nitrogen and oxygen atoms in total. The van der Waals surface area contributed by atoms with Crippen molar-refractivity contribution < 1.29 is 9.59 Å². The van der Waals surface area contributed by atoms with Crippen LogP contribution in [0, 0.1) is 0 Å². The first kappa shape index (κ1) is 14.9. The van der Waals surface area contributed by atoms with Crippen molar-refractivity contribution in [1.82, 2.24) is 10.2 Å². The first-order valence-electron chi connectivity index (χ1n) is 6.14. The van der Waals surface area contributed by atoms with Crippen molar-refractivity contribution >= 4 is 40.8 Å². The molecule has 2 N–H and O–H groups in total. The van der Waals surface area contributed by atoms with Crippen LogP contribution in [0.2, 0.25) is 10.0 Å². The lowest BCUT2D eigenvalue weighted by Gasteiger charge is -2.40. The summed E-state index contributed by atoms with van der Waals surface area (Å²) in [5.74, 6) is -0.184. The number of piperazine rings is 1. The summed E-state index contributed by atoms with van der Waals surface area (Å²) in [4.78, 5) is 25.6. The molecular weight excluding hydrogens is 301 g/mol. The number of benzene rings is 1. The highest BCUT2D eigenvalue weighted by Crippen LogP contribution is 2.27. The second kappa shape index (κ2) is 5.50. The van der Waals surface area contributed by atoms with E-state index in [9.17, 15) is 9.59 Å². The van der Waals surface area contributed by atoms with Gasteiger partial charge in [0.25, 0.3) is 0 Å². The maximum Gasteiger partial charge on any atom is 0.322 e. The average molecular weight is 316 g/mol. The van der Waals surface area contributed by atoms with Crippen LogP contribution in [0.5, 0.6) is 0 Å². The maximum absolute atomic E-state index is 12.3. The highest BCUT2D eigenvalue weighted by atomic mass is 35.5. The van der Waals surface area contributed by atoms with Gasteiger partial charge < -0.3 is 15.5 Å². The SMILES string of the molecule is CC1(C)C(=O)NCCN1C(=O)Nc1cc(Cl)ccc1Cl. The molecule has 20 heavy (non-hydrogen) atoms. The van der Waals surface area contributed by atoms with Gasteiger partial charge in [0.1, 0.15) is 5.54 Å². The van der Waals surface area contributed by atoms with Crippen LogP contribution in [0.15, 0.2) is 18.2 Å². The summed E-state index contributed by atoms with van der Waals surface area (Å²) in [5.41, 5.74) is -0.487. The lowest BCUT2D eigenvalue weighted by atomic mass is 9.99. The summed E-state index contributed by atoms with van der Waals surface area (Å²) >= 11 is 11.9. The number of hydrogen-bond acceptors (Lipinski definition) is 2. The number of amides is 3. The second-order valence-corrected chi connectivity index (χ2v) is 5.86. The summed E-state index contributed by atoms with van der Waals surface area (Å²) < 4.78 is 0. The fraction of sp³-hybridized carbons (Fsp3) is 0.385. The van der Waals surface area contributed by atoms with Gasteiger partial charge >= 0.3 is 6.03 Å². The molecule has 1 aliphatic heterocycles. The van der Waals surface area contributed by atoms with Crippen LogP contribution < -0.4 is 10.6 Å². The summed E-state index contributed by atoms with van der Waals surface area (Å²) in [6.45, 7) is 4.25. The number of urea groups is 1. The molecule has 0 atom stereocenters. The minimum absolute atomic E-state index is 0.184. The summed E-state index contributed by atoms with van der Waals surface area (Å²) in [7, 11) is 0. The highest BCUT2D eigenvalue weighted by molar-refractivity contribution is 6.35. The smallest absolute Gasteiger partial charge is 0.322 e. The molecule has 1 aromatic carbocycles. The minimum Gasteiger partial charge on any atom is -0.352 e. The van der Waals surface area contributed by atoms with Crippen LogP contribution in [0.3, 0.4) is 0 Å². The van der Waals surface area contributed by atoms with Gasteiger partial charge in [0.15, 0.2) is 0 Å². The Kier molecular flexibility index (Phi) is 4.11. The number of hydrogen-bond donors (Lipinski definition) is 2. The van der Waals surface area contributed by atoms with Gasteiger partial charge in [-0.05, 0) is 32.0 Å². The normalized spacial score (nSPS) is 17.6. The molecule has 1 heterocycles. The second-order valence-electron chi connectivity index (χ2n) is 5.02. The van der Waals surface area contributed by atoms with Gasteiger partial charge in [-0.2, -0.15) is 0 Å². The number of carbonyl (C=O) groups is 2.